The molecule has 3 N–H and O–H groups in total. The van der Waals surface area contributed by atoms with Crippen LogP contribution in [-0.2, 0) is 14.4 Å². The fraction of sp³-hybridized carbons (Fsp3) is 0.800. The Morgan fingerprint density at radius 1 is 1.14 bits per heavy atom. The van der Waals surface area contributed by atoms with Crippen molar-refractivity contribution in [1.29, 1.82) is 0 Å². The van der Waals surface area contributed by atoms with Crippen molar-refractivity contribution in [3.8, 4) is 0 Å². The van der Waals surface area contributed by atoms with E-state index in [2.05, 4.69) is 12.2 Å². The number of rotatable bonds is 8. The van der Waals surface area contributed by atoms with Crippen LogP contribution in [0, 0.1) is 11.8 Å². The van der Waals surface area contributed by atoms with Gasteiger partial charge in [-0.05, 0) is 31.6 Å². The highest BCUT2D eigenvalue weighted by molar-refractivity contribution is 5.87. The second-order valence-electron chi connectivity index (χ2n) is 5.86. The van der Waals surface area contributed by atoms with Gasteiger partial charge in [0.15, 0.2) is 0 Å². The van der Waals surface area contributed by atoms with Crippen molar-refractivity contribution in [2.75, 3.05) is 0 Å². The molecule has 6 heteroatoms. The van der Waals surface area contributed by atoms with Crippen LogP contribution in [0.1, 0.15) is 58.3 Å². The van der Waals surface area contributed by atoms with E-state index in [-0.39, 0.29) is 11.8 Å². The predicted molar refractivity (Wildman–Crippen MR) is 76.8 cm³/mol. The summed E-state index contributed by atoms with van der Waals surface area (Å²) in [6, 6.07) is -1.34. The number of hydrogen-bond donors (Lipinski definition) is 3. The molecule has 0 heterocycles. The Balaban J connectivity index is 2.42. The molecule has 0 aromatic rings. The van der Waals surface area contributed by atoms with Gasteiger partial charge < -0.3 is 15.5 Å². The van der Waals surface area contributed by atoms with Gasteiger partial charge in [-0.2, -0.15) is 0 Å². The SMILES string of the molecule is CCCCC1CCC(C(=O)NC(CC(=O)O)C(=O)O)CC1. The molecule has 0 saturated heterocycles. The number of unbranched alkanes of at least 4 members (excludes halogenated alkanes) is 1. The van der Waals surface area contributed by atoms with Gasteiger partial charge in [-0.3, -0.25) is 9.59 Å². The minimum atomic E-state index is -1.34. The van der Waals surface area contributed by atoms with Crippen LogP contribution in [-0.4, -0.2) is 34.1 Å². The summed E-state index contributed by atoms with van der Waals surface area (Å²) in [5.41, 5.74) is 0. The van der Waals surface area contributed by atoms with E-state index in [0.717, 1.165) is 25.7 Å². The van der Waals surface area contributed by atoms with Crippen molar-refractivity contribution in [2.24, 2.45) is 11.8 Å². The van der Waals surface area contributed by atoms with Crippen molar-refractivity contribution in [2.45, 2.75) is 64.3 Å². The van der Waals surface area contributed by atoms with Crippen LogP contribution in [0.15, 0.2) is 0 Å². The van der Waals surface area contributed by atoms with E-state index < -0.39 is 24.4 Å². The Bertz CT molecular complexity index is 374. The minimum Gasteiger partial charge on any atom is -0.481 e. The van der Waals surface area contributed by atoms with E-state index >= 15 is 0 Å². The average Bonchev–Trinajstić information content (AvgIpc) is 2.44. The second kappa shape index (κ2) is 8.64. The van der Waals surface area contributed by atoms with Crippen LogP contribution in [0.25, 0.3) is 0 Å². The first-order chi connectivity index (χ1) is 9.93. The monoisotopic (exact) mass is 299 g/mol. The normalized spacial score (nSPS) is 23.3. The molecule has 1 rings (SSSR count). The van der Waals surface area contributed by atoms with E-state index in [1.165, 1.54) is 19.3 Å². The topological polar surface area (TPSA) is 104 Å². The van der Waals surface area contributed by atoms with Crippen LogP contribution >= 0.6 is 0 Å². The predicted octanol–water partition coefficient (Wildman–Crippen LogP) is 2.03. The van der Waals surface area contributed by atoms with E-state index in [1.807, 2.05) is 0 Å². The maximum Gasteiger partial charge on any atom is 0.326 e. The van der Waals surface area contributed by atoms with Crippen molar-refractivity contribution in [3.63, 3.8) is 0 Å². The molecule has 1 aliphatic carbocycles. The second-order valence-corrected chi connectivity index (χ2v) is 5.86. The van der Waals surface area contributed by atoms with Gasteiger partial charge in [0.1, 0.15) is 6.04 Å². The summed E-state index contributed by atoms with van der Waals surface area (Å²) >= 11 is 0. The molecule has 1 amide bonds. The lowest BCUT2D eigenvalue weighted by Crippen LogP contribution is -2.45. The number of carbonyl (C=O) groups is 3. The van der Waals surface area contributed by atoms with E-state index in [0.29, 0.717) is 5.92 Å². The number of carboxylic acid groups (broad SMARTS) is 2. The lowest BCUT2D eigenvalue weighted by Gasteiger charge is -2.28. The number of carbonyl (C=O) groups excluding carboxylic acids is 1. The molecule has 1 unspecified atom stereocenters. The lowest BCUT2D eigenvalue weighted by molar-refractivity contribution is -0.147. The zero-order chi connectivity index (χ0) is 15.8. The van der Waals surface area contributed by atoms with E-state index in [1.54, 1.807) is 0 Å². The van der Waals surface area contributed by atoms with Crippen LogP contribution in [0.3, 0.4) is 0 Å². The van der Waals surface area contributed by atoms with Crippen molar-refractivity contribution >= 4 is 17.8 Å². The van der Waals surface area contributed by atoms with Gasteiger partial charge in [0.2, 0.25) is 5.91 Å². The van der Waals surface area contributed by atoms with Crippen LogP contribution in [0.4, 0.5) is 0 Å². The van der Waals surface area contributed by atoms with Crippen molar-refractivity contribution in [1.82, 2.24) is 5.32 Å². The molecule has 1 atom stereocenters. The summed E-state index contributed by atoms with van der Waals surface area (Å²) in [5.74, 6) is -2.37. The minimum absolute atomic E-state index is 0.182. The maximum absolute atomic E-state index is 12.0. The molecule has 0 spiro atoms. The molecule has 1 aliphatic rings. The maximum atomic E-state index is 12.0. The number of hydrogen-bond acceptors (Lipinski definition) is 3. The van der Waals surface area contributed by atoms with Gasteiger partial charge in [-0.15, -0.1) is 0 Å². The molecular formula is C15H25NO5. The fourth-order valence-electron chi connectivity index (χ4n) is 2.87. The average molecular weight is 299 g/mol. The quantitative estimate of drug-likeness (QED) is 0.636. The van der Waals surface area contributed by atoms with Crippen LogP contribution in [0.2, 0.25) is 0 Å². The third-order valence-corrected chi connectivity index (χ3v) is 4.18. The zero-order valence-electron chi connectivity index (χ0n) is 12.5. The van der Waals surface area contributed by atoms with Crippen LogP contribution < -0.4 is 5.32 Å². The lowest BCUT2D eigenvalue weighted by atomic mass is 9.79. The summed E-state index contributed by atoms with van der Waals surface area (Å²) in [7, 11) is 0. The van der Waals surface area contributed by atoms with Gasteiger partial charge in [-0.1, -0.05) is 26.2 Å². The Kier molecular flexibility index (Phi) is 7.19. The summed E-state index contributed by atoms with van der Waals surface area (Å²) < 4.78 is 0. The summed E-state index contributed by atoms with van der Waals surface area (Å²) in [4.78, 5) is 33.6. The molecule has 120 valence electrons. The molecule has 0 aliphatic heterocycles. The molecule has 0 radical (unpaired) electrons. The zero-order valence-corrected chi connectivity index (χ0v) is 12.5. The fourth-order valence-corrected chi connectivity index (χ4v) is 2.87. The first kappa shape index (κ1) is 17.5. The van der Waals surface area contributed by atoms with Gasteiger partial charge in [-0.25, -0.2) is 4.79 Å². The molecule has 0 aromatic carbocycles. The van der Waals surface area contributed by atoms with Gasteiger partial charge in [0.05, 0.1) is 6.42 Å². The van der Waals surface area contributed by atoms with Crippen LogP contribution in [0.5, 0.6) is 0 Å². The summed E-state index contributed by atoms with van der Waals surface area (Å²) in [6.07, 6.45) is 6.51. The number of carboxylic acids is 2. The summed E-state index contributed by atoms with van der Waals surface area (Å²) in [5, 5.41) is 19.9. The van der Waals surface area contributed by atoms with Crippen molar-refractivity contribution < 1.29 is 24.6 Å². The Morgan fingerprint density at radius 3 is 2.24 bits per heavy atom. The molecule has 21 heavy (non-hydrogen) atoms. The van der Waals surface area contributed by atoms with Gasteiger partial charge in [0, 0.05) is 5.92 Å². The highest BCUT2D eigenvalue weighted by Gasteiger charge is 2.30. The molecule has 1 fully saturated rings. The van der Waals surface area contributed by atoms with Gasteiger partial charge >= 0.3 is 11.9 Å². The van der Waals surface area contributed by atoms with E-state index in [4.69, 9.17) is 10.2 Å². The van der Waals surface area contributed by atoms with Gasteiger partial charge in [0.25, 0.3) is 0 Å². The largest absolute Gasteiger partial charge is 0.481 e. The van der Waals surface area contributed by atoms with Crippen molar-refractivity contribution in [3.05, 3.63) is 0 Å². The Hall–Kier alpha value is -1.59. The molecular weight excluding hydrogens is 274 g/mol. The number of aliphatic carboxylic acids is 2. The number of nitrogens with one attached hydrogen (secondary N) is 1. The number of amides is 1. The summed E-state index contributed by atoms with van der Waals surface area (Å²) in [6.45, 7) is 2.16. The smallest absolute Gasteiger partial charge is 0.326 e. The van der Waals surface area contributed by atoms with E-state index in [9.17, 15) is 14.4 Å². The Morgan fingerprint density at radius 2 is 1.76 bits per heavy atom. The molecule has 6 nitrogen and oxygen atoms in total. The first-order valence-electron chi connectivity index (χ1n) is 7.69. The molecule has 0 bridgehead atoms. The first-order valence-corrected chi connectivity index (χ1v) is 7.69. The third kappa shape index (κ3) is 6.14. The highest BCUT2D eigenvalue weighted by atomic mass is 16.4. The highest BCUT2D eigenvalue weighted by Crippen LogP contribution is 2.32. The molecule has 0 aromatic heterocycles. The third-order valence-electron chi connectivity index (χ3n) is 4.18. The standard InChI is InChI=1S/C15H25NO5/c1-2-3-4-10-5-7-11(8-6-10)14(19)16-12(15(20)21)9-13(17)18/h10-12H,2-9H2,1H3,(H,16,19)(H,17,18)(H,20,21). The Labute approximate surface area is 124 Å². The molecule has 1 saturated carbocycles.